The van der Waals surface area contributed by atoms with Gasteiger partial charge in [0.05, 0.1) is 13.2 Å². The Morgan fingerprint density at radius 3 is 2.53 bits per heavy atom. The third kappa shape index (κ3) is 5.56. The monoisotopic (exact) mass is 273 g/mol. The van der Waals surface area contributed by atoms with E-state index in [9.17, 15) is 14.4 Å². The van der Waals surface area contributed by atoms with Crippen LogP contribution in [0.2, 0.25) is 0 Å². The third-order valence-corrected chi connectivity index (χ3v) is 2.71. The van der Waals surface area contributed by atoms with Gasteiger partial charge in [0.15, 0.2) is 0 Å². The topological polar surface area (TPSA) is 108 Å². The number of ether oxygens (including phenoxy) is 1. The molecule has 0 bridgehead atoms. The molecule has 0 unspecified atom stereocenters. The lowest BCUT2D eigenvalue weighted by Crippen LogP contribution is -2.46. The van der Waals surface area contributed by atoms with Crippen LogP contribution >= 0.6 is 0 Å². The third-order valence-electron chi connectivity index (χ3n) is 2.71. The molecule has 3 amide bonds. The van der Waals surface area contributed by atoms with Gasteiger partial charge in [-0.2, -0.15) is 0 Å². The van der Waals surface area contributed by atoms with Crippen LogP contribution in [0.1, 0.15) is 13.3 Å². The maximum atomic E-state index is 11.7. The van der Waals surface area contributed by atoms with Crippen molar-refractivity contribution < 1.29 is 24.2 Å². The van der Waals surface area contributed by atoms with E-state index in [1.165, 1.54) is 6.92 Å². The number of amides is 3. The summed E-state index contributed by atoms with van der Waals surface area (Å²) >= 11 is 0. The number of urea groups is 1. The molecule has 1 rings (SSSR count). The van der Waals surface area contributed by atoms with Crippen LogP contribution in [0, 0.1) is 0 Å². The summed E-state index contributed by atoms with van der Waals surface area (Å²) in [6, 6.07) is -1.56. The van der Waals surface area contributed by atoms with Crippen molar-refractivity contribution in [3.8, 4) is 0 Å². The smallest absolute Gasteiger partial charge is 0.325 e. The second-order valence-electron chi connectivity index (χ2n) is 4.20. The van der Waals surface area contributed by atoms with Gasteiger partial charge in [-0.15, -0.1) is 0 Å². The van der Waals surface area contributed by atoms with E-state index in [0.717, 1.165) is 0 Å². The molecule has 0 saturated carbocycles. The average molecular weight is 273 g/mol. The first-order chi connectivity index (χ1) is 9.00. The van der Waals surface area contributed by atoms with Gasteiger partial charge in [-0.3, -0.25) is 9.59 Å². The van der Waals surface area contributed by atoms with Crippen LogP contribution in [0.15, 0.2) is 0 Å². The SMILES string of the molecule is C[C@H](NC(=O)NCCC(=O)N1CCOCC1)C(=O)O. The van der Waals surface area contributed by atoms with Crippen molar-refractivity contribution in [1.29, 1.82) is 0 Å². The van der Waals surface area contributed by atoms with E-state index >= 15 is 0 Å². The molecule has 1 heterocycles. The summed E-state index contributed by atoms with van der Waals surface area (Å²) in [7, 11) is 0. The maximum Gasteiger partial charge on any atom is 0.325 e. The Morgan fingerprint density at radius 1 is 1.32 bits per heavy atom. The fourth-order valence-electron chi connectivity index (χ4n) is 1.56. The lowest BCUT2D eigenvalue weighted by Gasteiger charge is -2.26. The molecular weight excluding hydrogens is 254 g/mol. The molecule has 8 nitrogen and oxygen atoms in total. The van der Waals surface area contributed by atoms with Crippen LogP contribution in [0.5, 0.6) is 0 Å². The number of rotatable bonds is 5. The number of carbonyl (C=O) groups excluding carboxylic acids is 2. The van der Waals surface area contributed by atoms with Crippen LogP contribution in [0.25, 0.3) is 0 Å². The van der Waals surface area contributed by atoms with Crippen molar-refractivity contribution in [1.82, 2.24) is 15.5 Å². The van der Waals surface area contributed by atoms with E-state index < -0.39 is 18.0 Å². The molecule has 0 aromatic carbocycles. The zero-order valence-electron chi connectivity index (χ0n) is 10.8. The fraction of sp³-hybridized carbons (Fsp3) is 0.727. The molecule has 1 fully saturated rings. The number of morpholine rings is 1. The van der Waals surface area contributed by atoms with E-state index in [0.29, 0.717) is 26.3 Å². The zero-order chi connectivity index (χ0) is 14.3. The van der Waals surface area contributed by atoms with Crippen molar-refractivity contribution in [3.63, 3.8) is 0 Å². The first-order valence-electron chi connectivity index (χ1n) is 6.13. The predicted octanol–water partition coefficient (Wildman–Crippen LogP) is -0.992. The van der Waals surface area contributed by atoms with Crippen molar-refractivity contribution in [2.75, 3.05) is 32.8 Å². The molecule has 0 aliphatic carbocycles. The van der Waals surface area contributed by atoms with Crippen molar-refractivity contribution in [2.24, 2.45) is 0 Å². The Kier molecular flexibility index (Phi) is 6.07. The number of nitrogens with one attached hydrogen (secondary N) is 2. The molecule has 1 saturated heterocycles. The minimum atomic E-state index is -1.11. The minimum absolute atomic E-state index is 0.0464. The molecule has 3 N–H and O–H groups in total. The molecule has 0 aromatic heterocycles. The standard InChI is InChI=1S/C11H19N3O5/c1-8(10(16)17)13-11(18)12-3-2-9(15)14-4-6-19-7-5-14/h8H,2-7H2,1H3,(H,16,17)(H2,12,13,18)/t8-/m0/s1. The number of carboxylic acid groups (broad SMARTS) is 1. The summed E-state index contributed by atoms with van der Waals surface area (Å²) in [5.74, 6) is -1.16. The summed E-state index contributed by atoms with van der Waals surface area (Å²) in [4.78, 5) is 35.2. The summed E-state index contributed by atoms with van der Waals surface area (Å²) in [5.41, 5.74) is 0. The first kappa shape index (κ1) is 15.2. The van der Waals surface area contributed by atoms with E-state index in [1.807, 2.05) is 0 Å². The summed E-state index contributed by atoms with van der Waals surface area (Å²) in [5, 5.41) is 13.3. The largest absolute Gasteiger partial charge is 0.480 e. The van der Waals surface area contributed by atoms with Crippen molar-refractivity contribution >= 4 is 17.9 Å². The first-order valence-corrected chi connectivity index (χ1v) is 6.13. The summed E-state index contributed by atoms with van der Waals surface area (Å²) in [6.07, 6.45) is 0.189. The average Bonchev–Trinajstić information content (AvgIpc) is 2.39. The molecular formula is C11H19N3O5. The van der Waals surface area contributed by atoms with E-state index in [1.54, 1.807) is 4.90 Å². The van der Waals surface area contributed by atoms with Gasteiger partial charge in [0.2, 0.25) is 5.91 Å². The highest BCUT2D eigenvalue weighted by Gasteiger charge is 2.17. The molecule has 8 heteroatoms. The van der Waals surface area contributed by atoms with Crippen LogP contribution in [0.4, 0.5) is 4.79 Å². The quantitative estimate of drug-likeness (QED) is 0.596. The Balaban J connectivity index is 2.17. The van der Waals surface area contributed by atoms with E-state index in [-0.39, 0.29) is 18.9 Å². The van der Waals surface area contributed by atoms with Gasteiger partial charge >= 0.3 is 12.0 Å². The Hall–Kier alpha value is -1.83. The van der Waals surface area contributed by atoms with Crippen LogP contribution in [-0.2, 0) is 14.3 Å². The number of aliphatic carboxylic acids is 1. The van der Waals surface area contributed by atoms with Crippen LogP contribution in [0.3, 0.4) is 0 Å². The fourth-order valence-corrected chi connectivity index (χ4v) is 1.56. The van der Waals surface area contributed by atoms with Gasteiger partial charge in [-0.05, 0) is 6.92 Å². The highest BCUT2D eigenvalue weighted by Crippen LogP contribution is 1.99. The van der Waals surface area contributed by atoms with Crippen LogP contribution in [-0.4, -0.2) is 66.8 Å². The van der Waals surface area contributed by atoms with Gasteiger partial charge in [0.1, 0.15) is 6.04 Å². The summed E-state index contributed by atoms with van der Waals surface area (Å²) in [6.45, 7) is 3.75. The van der Waals surface area contributed by atoms with Gasteiger partial charge in [-0.25, -0.2) is 4.79 Å². The number of hydrogen-bond donors (Lipinski definition) is 3. The van der Waals surface area contributed by atoms with Gasteiger partial charge < -0.3 is 25.4 Å². The lowest BCUT2D eigenvalue weighted by molar-refractivity contribution is -0.138. The van der Waals surface area contributed by atoms with Crippen molar-refractivity contribution in [3.05, 3.63) is 0 Å². The highest BCUT2D eigenvalue weighted by atomic mass is 16.5. The second-order valence-corrected chi connectivity index (χ2v) is 4.20. The molecule has 1 atom stereocenters. The van der Waals surface area contributed by atoms with Crippen LogP contribution < -0.4 is 10.6 Å². The molecule has 108 valence electrons. The number of carboxylic acids is 1. The van der Waals surface area contributed by atoms with E-state index in [2.05, 4.69) is 10.6 Å². The molecule has 0 aromatic rings. The predicted molar refractivity (Wildman–Crippen MR) is 65.6 cm³/mol. The molecule has 0 radical (unpaired) electrons. The zero-order valence-corrected chi connectivity index (χ0v) is 10.8. The second kappa shape index (κ2) is 7.57. The Morgan fingerprint density at radius 2 is 1.95 bits per heavy atom. The van der Waals surface area contributed by atoms with Crippen molar-refractivity contribution in [2.45, 2.75) is 19.4 Å². The van der Waals surface area contributed by atoms with Gasteiger partial charge in [0, 0.05) is 26.1 Å². The van der Waals surface area contributed by atoms with Gasteiger partial charge in [-0.1, -0.05) is 0 Å². The van der Waals surface area contributed by atoms with E-state index in [4.69, 9.17) is 9.84 Å². The molecule has 1 aliphatic heterocycles. The highest BCUT2D eigenvalue weighted by molar-refractivity contribution is 5.82. The number of nitrogens with zero attached hydrogens (tertiary/aromatic N) is 1. The molecule has 19 heavy (non-hydrogen) atoms. The maximum absolute atomic E-state index is 11.7. The Bertz CT molecular complexity index is 341. The number of hydrogen-bond acceptors (Lipinski definition) is 4. The normalized spacial score (nSPS) is 16.6. The summed E-state index contributed by atoms with van der Waals surface area (Å²) < 4.78 is 5.13. The molecule has 0 spiro atoms. The number of carbonyl (C=O) groups is 3. The molecule has 1 aliphatic rings. The lowest BCUT2D eigenvalue weighted by atomic mass is 10.3. The Labute approximate surface area is 111 Å². The minimum Gasteiger partial charge on any atom is -0.480 e. The van der Waals surface area contributed by atoms with Gasteiger partial charge in [0.25, 0.3) is 0 Å².